The molecule has 0 fully saturated rings. The van der Waals surface area contributed by atoms with Crippen molar-refractivity contribution in [3.05, 3.63) is 64.7 Å². The van der Waals surface area contributed by atoms with E-state index in [0.717, 1.165) is 18.9 Å². The van der Waals surface area contributed by atoms with Gasteiger partial charge < -0.3 is 10.6 Å². The molecule has 0 heterocycles. The van der Waals surface area contributed by atoms with Crippen LogP contribution in [0.5, 0.6) is 0 Å². The van der Waals surface area contributed by atoms with Crippen LogP contribution in [0, 0.1) is 0 Å². The summed E-state index contributed by atoms with van der Waals surface area (Å²) in [6.07, 6.45) is -2.63. The number of benzene rings is 2. The Morgan fingerprint density at radius 1 is 1.04 bits per heavy atom. The van der Waals surface area contributed by atoms with Gasteiger partial charge in [0.2, 0.25) is 5.91 Å². The van der Waals surface area contributed by atoms with E-state index in [2.05, 4.69) is 10.6 Å². The topological polar surface area (TPSA) is 41.1 Å². The van der Waals surface area contributed by atoms with Crippen molar-refractivity contribution in [2.75, 3.05) is 18.4 Å². The van der Waals surface area contributed by atoms with E-state index in [1.54, 1.807) is 0 Å². The molecule has 2 aromatic carbocycles. The standard InChI is InChI=1S/C19H20ClF3N2O/c20-17-9-8-15(13-16(17)19(21,22)23)24-12-10-18(26)25-11-4-7-14-5-2-1-3-6-14/h1-3,5-6,8-9,13,24H,4,7,10-12H2,(H,25,26). The number of carbonyl (C=O) groups excluding carboxylic acids is 1. The number of aryl methyl sites for hydroxylation is 1. The highest BCUT2D eigenvalue weighted by Crippen LogP contribution is 2.36. The number of alkyl halides is 3. The van der Waals surface area contributed by atoms with Crippen LogP contribution in [-0.2, 0) is 17.4 Å². The van der Waals surface area contributed by atoms with E-state index in [1.165, 1.54) is 17.7 Å². The molecule has 0 aliphatic heterocycles. The van der Waals surface area contributed by atoms with E-state index in [-0.39, 0.29) is 29.6 Å². The van der Waals surface area contributed by atoms with Gasteiger partial charge in [0.05, 0.1) is 10.6 Å². The van der Waals surface area contributed by atoms with E-state index < -0.39 is 11.7 Å². The quantitative estimate of drug-likeness (QED) is 0.635. The Morgan fingerprint density at radius 3 is 2.46 bits per heavy atom. The third-order valence-corrected chi connectivity index (χ3v) is 4.09. The third-order valence-electron chi connectivity index (χ3n) is 3.76. The molecular weight excluding hydrogens is 365 g/mol. The number of hydrogen-bond acceptors (Lipinski definition) is 2. The Kier molecular flexibility index (Phi) is 7.33. The SMILES string of the molecule is O=C(CCNc1ccc(Cl)c(C(F)(F)F)c1)NCCCc1ccccc1. The molecule has 0 aliphatic rings. The lowest BCUT2D eigenvalue weighted by molar-refractivity contribution is -0.137. The summed E-state index contributed by atoms with van der Waals surface area (Å²) in [6.45, 7) is 0.802. The molecular formula is C19H20ClF3N2O. The molecule has 0 aliphatic carbocycles. The Balaban J connectivity index is 1.68. The first-order valence-electron chi connectivity index (χ1n) is 8.27. The average Bonchev–Trinajstić information content (AvgIpc) is 2.60. The zero-order chi connectivity index (χ0) is 19.0. The van der Waals surface area contributed by atoms with Crippen LogP contribution in [0.2, 0.25) is 5.02 Å². The second-order valence-electron chi connectivity index (χ2n) is 5.81. The van der Waals surface area contributed by atoms with Crippen LogP contribution in [0.1, 0.15) is 24.0 Å². The molecule has 2 rings (SSSR count). The van der Waals surface area contributed by atoms with Gasteiger partial charge in [-0.25, -0.2) is 0 Å². The Bertz CT molecular complexity index is 720. The van der Waals surface area contributed by atoms with Crippen LogP contribution < -0.4 is 10.6 Å². The summed E-state index contributed by atoms with van der Waals surface area (Å²) < 4.78 is 38.4. The normalized spacial score (nSPS) is 11.2. The van der Waals surface area contributed by atoms with Crippen LogP contribution >= 0.6 is 11.6 Å². The minimum absolute atomic E-state index is 0.143. The minimum Gasteiger partial charge on any atom is -0.385 e. The van der Waals surface area contributed by atoms with Crippen molar-refractivity contribution >= 4 is 23.2 Å². The van der Waals surface area contributed by atoms with Gasteiger partial charge in [-0.2, -0.15) is 13.2 Å². The van der Waals surface area contributed by atoms with Gasteiger partial charge in [-0.3, -0.25) is 4.79 Å². The highest BCUT2D eigenvalue weighted by Gasteiger charge is 2.33. The van der Waals surface area contributed by atoms with E-state index in [0.29, 0.717) is 6.54 Å². The number of halogens is 4. The zero-order valence-corrected chi connectivity index (χ0v) is 14.8. The number of anilines is 1. The Morgan fingerprint density at radius 2 is 1.77 bits per heavy atom. The fourth-order valence-electron chi connectivity index (χ4n) is 2.43. The Hall–Kier alpha value is -2.21. The molecule has 0 saturated carbocycles. The molecule has 140 valence electrons. The van der Waals surface area contributed by atoms with Gasteiger partial charge in [0.1, 0.15) is 0 Å². The maximum Gasteiger partial charge on any atom is 0.417 e. The van der Waals surface area contributed by atoms with E-state index in [4.69, 9.17) is 11.6 Å². The molecule has 2 N–H and O–H groups in total. The highest BCUT2D eigenvalue weighted by molar-refractivity contribution is 6.31. The van der Waals surface area contributed by atoms with Crippen LogP contribution in [0.15, 0.2) is 48.5 Å². The maximum absolute atomic E-state index is 12.8. The van der Waals surface area contributed by atoms with E-state index >= 15 is 0 Å². The summed E-state index contributed by atoms with van der Waals surface area (Å²) in [5, 5.41) is 5.27. The second-order valence-corrected chi connectivity index (χ2v) is 6.22. The van der Waals surface area contributed by atoms with Crippen molar-refractivity contribution < 1.29 is 18.0 Å². The molecule has 26 heavy (non-hydrogen) atoms. The van der Waals surface area contributed by atoms with Gasteiger partial charge in [0.15, 0.2) is 0 Å². The van der Waals surface area contributed by atoms with Crippen LogP contribution in [0.3, 0.4) is 0 Å². The van der Waals surface area contributed by atoms with Crippen LogP contribution in [0.25, 0.3) is 0 Å². The molecule has 2 aromatic rings. The Labute approximate surface area is 155 Å². The van der Waals surface area contributed by atoms with Crippen molar-refractivity contribution in [1.29, 1.82) is 0 Å². The average molecular weight is 385 g/mol. The largest absolute Gasteiger partial charge is 0.417 e. The monoisotopic (exact) mass is 384 g/mol. The lowest BCUT2D eigenvalue weighted by Gasteiger charge is -2.12. The second kappa shape index (κ2) is 9.48. The lowest BCUT2D eigenvalue weighted by Crippen LogP contribution is -2.26. The van der Waals surface area contributed by atoms with Crippen molar-refractivity contribution in [3.63, 3.8) is 0 Å². The summed E-state index contributed by atoms with van der Waals surface area (Å²) in [5.74, 6) is -0.143. The molecule has 0 radical (unpaired) electrons. The number of carbonyl (C=O) groups is 1. The summed E-state index contributed by atoms with van der Waals surface area (Å²) >= 11 is 5.57. The highest BCUT2D eigenvalue weighted by atomic mass is 35.5. The van der Waals surface area contributed by atoms with Gasteiger partial charge in [0.25, 0.3) is 0 Å². The molecule has 0 atom stereocenters. The number of hydrogen-bond donors (Lipinski definition) is 2. The molecule has 0 aromatic heterocycles. The summed E-state index contributed by atoms with van der Waals surface area (Å²) in [6, 6.07) is 13.6. The number of rotatable bonds is 8. The van der Waals surface area contributed by atoms with E-state index in [1.807, 2.05) is 30.3 Å². The fourth-order valence-corrected chi connectivity index (χ4v) is 2.65. The zero-order valence-electron chi connectivity index (χ0n) is 14.1. The molecule has 1 amide bonds. The fraction of sp³-hybridized carbons (Fsp3) is 0.316. The van der Waals surface area contributed by atoms with Crippen molar-refractivity contribution in [2.45, 2.75) is 25.4 Å². The predicted octanol–water partition coefficient (Wildman–Crippen LogP) is 4.91. The third kappa shape index (κ3) is 6.59. The first kappa shape index (κ1) is 20.1. The van der Waals surface area contributed by atoms with Gasteiger partial charge in [-0.15, -0.1) is 0 Å². The molecule has 0 bridgehead atoms. The molecule has 0 unspecified atom stereocenters. The molecule has 3 nitrogen and oxygen atoms in total. The molecule has 0 spiro atoms. The number of nitrogens with one attached hydrogen (secondary N) is 2. The summed E-state index contributed by atoms with van der Waals surface area (Å²) in [7, 11) is 0. The first-order valence-corrected chi connectivity index (χ1v) is 8.65. The predicted molar refractivity (Wildman–Crippen MR) is 97.3 cm³/mol. The van der Waals surface area contributed by atoms with Crippen molar-refractivity contribution in [2.24, 2.45) is 0 Å². The molecule has 7 heteroatoms. The smallest absolute Gasteiger partial charge is 0.385 e. The van der Waals surface area contributed by atoms with Crippen molar-refractivity contribution in [1.82, 2.24) is 5.32 Å². The summed E-state index contributed by atoms with van der Waals surface area (Å²) in [5.41, 5.74) is 0.597. The van der Waals surface area contributed by atoms with Crippen molar-refractivity contribution in [3.8, 4) is 0 Å². The molecule has 0 saturated heterocycles. The minimum atomic E-state index is -4.51. The van der Waals surface area contributed by atoms with Gasteiger partial charge in [-0.05, 0) is 36.6 Å². The van der Waals surface area contributed by atoms with Gasteiger partial charge >= 0.3 is 6.18 Å². The summed E-state index contributed by atoms with van der Waals surface area (Å²) in [4.78, 5) is 11.8. The van der Waals surface area contributed by atoms with Crippen LogP contribution in [0.4, 0.5) is 18.9 Å². The first-order chi connectivity index (χ1) is 12.4. The van der Waals surface area contributed by atoms with Crippen LogP contribution in [-0.4, -0.2) is 19.0 Å². The van der Waals surface area contributed by atoms with E-state index in [9.17, 15) is 18.0 Å². The maximum atomic E-state index is 12.8. The van der Waals surface area contributed by atoms with Gasteiger partial charge in [0, 0.05) is 25.2 Å². The lowest BCUT2D eigenvalue weighted by atomic mass is 10.1. The number of amides is 1. The van der Waals surface area contributed by atoms with Gasteiger partial charge in [-0.1, -0.05) is 41.9 Å².